The Kier molecular flexibility index (Phi) is 5.71. The van der Waals surface area contributed by atoms with Crippen LogP contribution in [0.2, 0.25) is 5.02 Å². The lowest BCUT2D eigenvalue weighted by Gasteiger charge is -2.25. The topological polar surface area (TPSA) is 96.0 Å². The molecule has 0 aliphatic carbocycles. The van der Waals surface area contributed by atoms with Crippen LogP contribution in [0.1, 0.15) is 7.85 Å². The first-order valence-corrected chi connectivity index (χ1v) is 9.73. The van der Waals surface area contributed by atoms with Gasteiger partial charge in [0.15, 0.2) is 5.82 Å². The Labute approximate surface area is 181 Å². The van der Waals surface area contributed by atoms with Crippen LogP contribution >= 0.6 is 11.6 Å². The van der Waals surface area contributed by atoms with Crippen molar-refractivity contribution in [2.45, 2.75) is 24.7 Å². The summed E-state index contributed by atoms with van der Waals surface area (Å²) in [6.45, 7) is -1.09. The number of rotatable bonds is 5. The minimum absolute atomic E-state index is 0. The van der Waals surface area contributed by atoms with Crippen LogP contribution in [0.3, 0.4) is 0 Å². The van der Waals surface area contributed by atoms with Gasteiger partial charge in [0, 0.05) is 51.0 Å². The molecule has 4 rings (SSSR count). The fourth-order valence-corrected chi connectivity index (χ4v) is 3.73. The zero-order chi connectivity index (χ0) is 22.2. The van der Waals surface area contributed by atoms with Gasteiger partial charge in [0.05, 0.1) is 11.1 Å². The highest BCUT2D eigenvalue weighted by Crippen LogP contribution is 2.30. The van der Waals surface area contributed by atoms with Crippen molar-refractivity contribution in [3.8, 4) is 11.4 Å². The number of pyridine rings is 1. The smallest absolute Gasteiger partial charge is 0.380 e. The highest BCUT2D eigenvalue weighted by Gasteiger charge is 2.39. The third kappa shape index (κ3) is 4.57. The Hall–Kier alpha value is -2.92. The molecule has 4 heterocycles. The molecule has 166 valence electrons. The number of hydrogen-bond acceptors (Lipinski definition) is 6. The number of ether oxygens (including phenoxy) is 1. The summed E-state index contributed by atoms with van der Waals surface area (Å²) in [4.78, 5) is 30.2. The third-order valence-electron chi connectivity index (χ3n) is 5.04. The number of hydrogen-bond donors (Lipinski definition) is 2. The van der Waals surface area contributed by atoms with Gasteiger partial charge >= 0.3 is 6.18 Å². The van der Waals surface area contributed by atoms with E-state index in [1.54, 1.807) is 23.2 Å². The summed E-state index contributed by atoms with van der Waals surface area (Å²) in [7, 11) is 1.49. The van der Waals surface area contributed by atoms with Gasteiger partial charge < -0.3 is 19.9 Å². The second kappa shape index (κ2) is 8.31. The molecular weight excluding hydrogens is 437 g/mol. The lowest BCUT2D eigenvalue weighted by atomic mass is 10.2. The van der Waals surface area contributed by atoms with Crippen LogP contribution < -0.4 is 10.2 Å². The summed E-state index contributed by atoms with van der Waals surface area (Å²) in [5.41, 5.74) is 1.27. The summed E-state index contributed by atoms with van der Waals surface area (Å²) >= 11 is 6.05. The number of methoxy groups -OCH3 is 1. The molecule has 1 saturated heterocycles. The van der Waals surface area contributed by atoms with Crippen LogP contribution in [0.25, 0.3) is 22.4 Å². The summed E-state index contributed by atoms with van der Waals surface area (Å²) in [5.74, 6) is 0.0318. The number of carbonyl (C=O) groups excluding carboxylic acids is 1. The Morgan fingerprint density at radius 1 is 1.45 bits per heavy atom. The summed E-state index contributed by atoms with van der Waals surface area (Å²) < 4.78 is 43.0. The number of alkyl halides is 3. The predicted molar refractivity (Wildman–Crippen MR) is 110 cm³/mol. The molecule has 0 bridgehead atoms. The standard InChI is InChI=1S/C19H18ClF3N6O2.H2/c1-31-11-5-14(18(30)27-9-19(21,22)23)29(8-11)15-2-3-24-17(28-15)13-7-26-16-12(13)4-10(20)6-25-16;/h2-4,6-7,11,14H,5,8-9H2,1H3,(H,25,26)(H,27,30);1H/t11?,14-;/m1./s1. The van der Waals surface area contributed by atoms with Crippen LogP contribution in [0.15, 0.2) is 30.7 Å². The van der Waals surface area contributed by atoms with Crippen molar-refractivity contribution in [3.63, 3.8) is 0 Å². The van der Waals surface area contributed by atoms with Gasteiger partial charge in [0.1, 0.15) is 24.1 Å². The minimum atomic E-state index is -4.49. The number of carbonyl (C=O) groups is 1. The van der Waals surface area contributed by atoms with E-state index in [2.05, 4.69) is 19.9 Å². The number of fused-ring (bicyclic) bond motifs is 1. The molecule has 12 heteroatoms. The van der Waals surface area contributed by atoms with E-state index in [4.69, 9.17) is 16.3 Å². The fourth-order valence-electron chi connectivity index (χ4n) is 3.58. The number of nitrogens with zero attached hydrogens (tertiary/aromatic N) is 4. The van der Waals surface area contributed by atoms with Gasteiger partial charge in [0.2, 0.25) is 5.91 Å². The zero-order valence-corrected chi connectivity index (χ0v) is 17.0. The predicted octanol–water partition coefficient (Wildman–Crippen LogP) is 3.19. The summed E-state index contributed by atoms with van der Waals surface area (Å²) in [6, 6.07) is 2.48. The lowest BCUT2D eigenvalue weighted by molar-refractivity contribution is -0.139. The Balaban J connectivity index is 0.00000289. The van der Waals surface area contributed by atoms with E-state index in [9.17, 15) is 18.0 Å². The molecule has 1 fully saturated rings. The summed E-state index contributed by atoms with van der Waals surface area (Å²) in [6.07, 6.45) is 0.164. The molecule has 3 aromatic heterocycles. The number of H-pyrrole nitrogens is 1. The normalized spacial score (nSPS) is 19.2. The minimum Gasteiger partial charge on any atom is -0.380 e. The lowest BCUT2D eigenvalue weighted by Crippen LogP contribution is -2.46. The number of amides is 1. The average molecular weight is 457 g/mol. The maximum absolute atomic E-state index is 12.5. The molecule has 2 atom stereocenters. The number of nitrogens with one attached hydrogen (secondary N) is 2. The van der Waals surface area contributed by atoms with Gasteiger partial charge in [-0.1, -0.05) is 11.6 Å². The SMILES string of the molecule is COC1C[C@H](C(=O)NCC(F)(F)F)N(c2ccnc(-c3c[nH]c4ncc(Cl)cc34)n2)C1.[HH]. The van der Waals surface area contributed by atoms with Gasteiger partial charge in [-0.3, -0.25) is 4.79 Å². The van der Waals surface area contributed by atoms with Crippen molar-refractivity contribution in [1.82, 2.24) is 25.3 Å². The molecule has 0 spiro atoms. The van der Waals surface area contributed by atoms with Crippen molar-refractivity contribution in [1.29, 1.82) is 0 Å². The summed E-state index contributed by atoms with van der Waals surface area (Å²) in [5, 5.41) is 3.12. The number of halogens is 4. The molecular formula is C19H20ClF3N6O2. The number of aromatic amines is 1. The van der Waals surface area contributed by atoms with Gasteiger partial charge in [-0.05, 0) is 12.1 Å². The number of anilines is 1. The first-order chi connectivity index (χ1) is 14.7. The van der Waals surface area contributed by atoms with Crippen molar-refractivity contribution < 1.29 is 24.1 Å². The second-order valence-electron chi connectivity index (χ2n) is 7.09. The highest BCUT2D eigenvalue weighted by molar-refractivity contribution is 6.31. The first-order valence-electron chi connectivity index (χ1n) is 9.35. The van der Waals surface area contributed by atoms with E-state index in [0.29, 0.717) is 34.4 Å². The maximum Gasteiger partial charge on any atom is 0.405 e. The molecule has 8 nitrogen and oxygen atoms in total. The van der Waals surface area contributed by atoms with Gasteiger partial charge in [0.25, 0.3) is 0 Å². The van der Waals surface area contributed by atoms with Crippen molar-refractivity contribution >= 4 is 34.4 Å². The molecule has 2 N–H and O–H groups in total. The molecule has 1 amide bonds. The molecule has 0 aromatic carbocycles. The monoisotopic (exact) mass is 456 g/mol. The zero-order valence-electron chi connectivity index (χ0n) is 16.3. The quantitative estimate of drug-likeness (QED) is 0.612. The van der Waals surface area contributed by atoms with E-state index < -0.39 is 24.7 Å². The van der Waals surface area contributed by atoms with Crippen LogP contribution in [0, 0.1) is 0 Å². The number of aromatic nitrogens is 4. The van der Waals surface area contributed by atoms with Gasteiger partial charge in [-0.2, -0.15) is 13.2 Å². The Morgan fingerprint density at radius 2 is 2.26 bits per heavy atom. The maximum atomic E-state index is 12.5. The van der Waals surface area contributed by atoms with Crippen LogP contribution in [-0.4, -0.2) is 64.4 Å². The Bertz CT molecular complexity index is 1110. The Morgan fingerprint density at radius 3 is 3.00 bits per heavy atom. The molecule has 0 saturated carbocycles. The first kappa shape index (κ1) is 21.3. The van der Waals surface area contributed by atoms with Crippen LogP contribution in [0.4, 0.5) is 19.0 Å². The second-order valence-corrected chi connectivity index (χ2v) is 7.52. The molecule has 1 aliphatic rings. The molecule has 1 aliphatic heterocycles. The van der Waals surface area contributed by atoms with Crippen LogP contribution in [-0.2, 0) is 9.53 Å². The average Bonchev–Trinajstić information content (AvgIpc) is 3.35. The van der Waals surface area contributed by atoms with E-state index in [-0.39, 0.29) is 14.0 Å². The van der Waals surface area contributed by atoms with Gasteiger partial charge in [-0.25, -0.2) is 15.0 Å². The highest BCUT2D eigenvalue weighted by atomic mass is 35.5. The molecule has 3 aromatic rings. The van der Waals surface area contributed by atoms with Crippen LogP contribution in [0.5, 0.6) is 0 Å². The van der Waals surface area contributed by atoms with Gasteiger partial charge in [-0.15, -0.1) is 0 Å². The fraction of sp³-hybridized carbons (Fsp3) is 0.368. The largest absolute Gasteiger partial charge is 0.405 e. The molecule has 0 radical (unpaired) electrons. The van der Waals surface area contributed by atoms with Crippen molar-refractivity contribution in [3.05, 3.63) is 35.7 Å². The molecule has 1 unspecified atom stereocenters. The van der Waals surface area contributed by atoms with E-state index in [1.807, 2.05) is 5.32 Å². The van der Waals surface area contributed by atoms with E-state index in [1.165, 1.54) is 19.5 Å². The third-order valence-corrected chi connectivity index (χ3v) is 5.24. The van der Waals surface area contributed by atoms with E-state index >= 15 is 0 Å². The van der Waals surface area contributed by atoms with E-state index in [0.717, 1.165) is 5.39 Å². The van der Waals surface area contributed by atoms with Crippen molar-refractivity contribution in [2.24, 2.45) is 0 Å². The molecule has 31 heavy (non-hydrogen) atoms. The van der Waals surface area contributed by atoms with Crippen molar-refractivity contribution in [2.75, 3.05) is 25.1 Å².